The topological polar surface area (TPSA) is 93.9 Å². The Morgan fingerprint density at radius 2 is 2.00 bits per heavy atom. The maximum Gasteiger partial charge on any atom is 0.409 e. The molecule has 1 spiro atoms. The van der Waals surface area contributed by atoms with Gasteiger partial charge in [0.25, 0.3) is 0 Å². The number of likely N-dealkylation sites (tertiary alicyclic amines) is 1. The van der Waals surface area contributed by atoms with Gasteiger partial charge in [-0.25, -0.2) is 14.6 Å². The molecule has 0 radical (unpaired) electrons. The molecule has 0 atom stereocenters. The molecule has 3 aliphatic rings. The monoisotopic (exact) mass is 397 g/mol. The summed E-state index contributed by atoms with van der Waals surface area (Å²) in [5, 5.41) is 9.58. The number of para-hydroxylation sites is 1. The Hall–Kier alpha value is -3.03. The molecule has 1 saturated heterocycles. The summed E-state index contributed by atoms with van der Waals surface area (Å²) in [6.45, 7) is 1.47. The van der Waals surface area contributed by atoms with Crippen LogP contribution in [0.3, 0.4) is 0 Å². The quantitative estimate of drug-likeness (QED) is 0.856. The van der Waals surface area contributed by atoms with Crippen LogP contribution in [0.4, 0.5) is 4.79 Å². The van der Waals surface area contributed by atoms with E-state index in [2.05, 4.69) is 4.98 Å². The largest absolute Gasteiger partial charge is 0.480 e. The second-order valence-corrected chi connectivity index (χ2v) is 8.10. The van der Waals surface area contributed by atoms with Crippen LogP contribution in [0.5, 0.6) is 5.75 Å². The molecule has 5 rings (SSSR count). The molecule has 8 nitrogen and oxygen atoms in total. The van der Waals surface area contributed by atoms with E-state index in [1.165, 1.54) is 0 Å². The van der Waals surface area contributed by atoms with Crippen molar-refractivity contribution in [2.24, 2.45) is 13.0 Å². The molecule has 1 aromatic heterocycles. The number of rotatable bonds is 3. The number of carboxylic acid groups (broad SMARTS) is 1. The van der Waals surface area contributed by atoms with Crippen molar-refractivity contribution < 1.29 is 24.2 Å². The molecule has 2 aliphatic heterocycles. The fourth-order valence-corrected chi connectivity index (χ4v) is 4.36. The minimum Gasteiger partial charge on any atom is -0.480 e. The van der Waals surface area contributed by atoms with Crippen LogP contribution in [0.1, 0.15) is 42.0 Å². The molecule has 1 aromatic carbocycles. The standard InChI is InChI=1S/C21H23N3O5/c1-23-17-16(22-18(23)19(25)26)14-4-2-3-5-15(14)29-21(17)8-10-24(11-9-21)20(27)28-12-13-6-7-13/h2-5,13H,6-12H2,1H3,(H,25,26). The van der Waals surface area contributed by atoms with Crippen molar-refractivity contribution in [1.29, 1.82) is 0 Å². The van der Waals surface area contributed by atoms with Gasteiger partial charge >= 0.3 is 12.1 Å². The Bertz CT molecular complexity index is 986. The molecular formula is C21H23N3O5. The van der Waals surface area contributed by atoms with Crippen LogP contribution in [0.25, 0.3) is 11.3 Å². The van der Waals surface area contributed by atoms with Crippen molar-refractivity contribution in [3.8, 4) is 17.0 Å². The summed E-state index contributed by atoms with van der Waals surface area (Å²) in [6, 6.07) is 7.55. The Morgan fingerprint density at radius 1 is 1.28 bits per heavy atom. The average molecular weight is 397 g/mol. The predicted molar refractivity (Wildman–Crippen MR) is 103 cm³/mol. The van der Waals surface area contributed by atoms with Crippen molar-refractivity contribution >= 4 is 12.1 Å². The molecule has 0 unspecified atom stereocenters. The summed E-state index contributed by atoms with van der Waals surface area (Å²) in [7, 11) is 1.71. The van der Waals surface area contributed by atoms with Gasteiger partial charge < -0.3 is 24.0 Å². The molecule has 29 heavy (non-hydrogen) atoms. The molecule has 3 heterocycles. The molecule has 0 bridgehead atoms. The van der Waals surface area contributed by atoms with Crippen LogP contribution < -0.4 is 4.74 Å². The highest BCUT2D eigenvalue weighted by Gasteiger charge is 2.48. The number of hydrogen-bond donors (Lipinski definition) is 1. The summed E-state index contributed by atoms with van der Waals surface area (Å²) in [5.74, 6) is 0.135. The lowest BCUT2D eigenvalue weighted by atomic mass is 9.83. The number of carbonyl (C=O) groups excluding carboxylic acids is 1. The minimum atomic E-state index is -1.07. The van der Waals surface area contributed by atoms with E-state index in [9.17, 15) is 14.7 Å². The Kier molecular flexibility index (Phi) is 4.04. The van der Waals surface area contributed by atoms with Gasteiger partial charge in [-0.3, -0.25) is 0 Å². The first kappa shape index (κ1) is 18.0. The van der Waals surface area contributed by atoms with E-state index in [1.54, 1.807) is 16.5 Å². The van der Waals surface area contributed by atoms with Gasteiger partial charge in [0, 0.05) is 38.5 Å². The average Bonchev–Trinajstić information content (AvgIpc) is 3.47. The maximum atomic E-state index is 12.4. The predicted octanol–water partition coefficient (Wildman–Crippen LogP) is 3.02. The fourth-order valence-electron chi connectivity index (χ4n) is 4.36. The Morgan fingerprint density at radius 3 is 2.69 bits per heavy atom. The number of hydrogen-bond acceptors (Lipinski definition) is 5. The third-order valence-corrected chi connectivity index (χ3v) is 6.13. The van der Waals surface area contributed by atoms with E-state index in [4.69, 9.17) is 9.47 Å². The van der Waals surface area contributed by atoms with Crippen molar-refractivity contribution in [3.05, 3.63) is 35.8 Å². The number of nitrogens with zero attached hydrogens (tertiary/aromatic N) is 3. The van der Waals surface area contributed by atoms with Gasteiger partial charge in [0.1, 0.15) is 11.4 Å². The summed E-state index contributed by atoms with van der Waals surface area (Å²) in [4.78, 5) is 30.2. The van der Waals surface area contributed by atoms with E-state index in [0.717, 1.165) is 24.1 Å². The van der Waals surface area contributed by atoms with E-state index < -0.39 is 11.6 Å². The number of benzene rings is 1. The van der Waals surface area contributed by atoms with Crippen molar-refractivity contribution in [2.45, 2.75) is 31.3 Å². The number of aromatic carboxylic acids is 1. The molecule has 1 aliphatic carbocycles. The second kappa shape index (κ2) is 6.50. The number of piperidine rings is 1. The van der Waals surface area contributed by atoms with Crippen LogP contribution >= 0.6 is 0 Å². The third kappa shape index (κ3) is 2.94. The summed E-state index contributed by atoms with van der Waals surface area (Å²) < 4.78 is 13.5. The number of fused-ring (bicyclic) bond motifs is 4. The number of amides is 1. The highest BCUT2D eigenvalue weighted by atomic mass is 16.6. The van der Waals surface area contributed by atoms with Crippen molar-refractivity contribution in [2.75, 3.05) is 19.7 Å². The third-order valence-electron chi connectivity index (χ3n) is 6.13. The highest BCUT2D eigenvalue weighted by Crippen LogP contribution is 2.49. The van der Waals surface area contributed by atoms with Gasteiger partial charge in [-0.15, -0.1) is 0 Å². The van der Waals surface area contributed by atoms with Crippen LogP contribution in [-0.4, -0.2) is 51.3 Å². The first-order chi connectivity index (χ1) is 14.0. The van der Waals surface area contributed by atoms with Gasteiger partial charge in [0.05, 0.1) is 12.3 Å². The molecule has 1 amide bonds. The molecule has 8 heteroatoms. The fraction of sp³-hybridized carbons (Fsp3) is 0.476. The molecule has 2 fully saturated rings. The summed E-state index contributed by atoms with van der Waals surface area (Å²) in [5.41, 5.74) is 1.49. The van der Waals surface area contributed by atoms with E-state index >= 15 is 0 Å². The highest BCUT2D eigenvalue weighted by molar-refractivity contribution is 5.86. The number of aromatic nitrogens is 2. The van der Waals surface area contributed by atoms with Gasteiger partial charge in [-0.2, -0.15) is 0 Å². The van der Waals surface area contributed by atoms with Crippen LogP contribution in [0, 0.1) is 5.92 Å². The Labute approximate surface area is 168 Å². The van der Waals surface area contributed by atoms with Crippen LogP contribution in [0.2, 0.25) is 0 Å². The maximum absolute atomic E-state index is 12.4. The first-order valence-electron chi connectivity index (χ1n) is 9.99. The second-order valence-electron chi connectivity index (χ2n) is 8.10. The minimum absolute atomic E-state index is 0.0130. The van der Waals surface area contributed by atoms with Crippen LogP contribution in [-0.2, 0) is 17.4 Å². The molecule has 2 aromatic rings. The lowest BCUT2D eigenvalue weighted by molar-refractivity contribution is -0.0111. The van der Waals surface area contributed by atoms with Crippen molar-refractivity contribution in [1.82, 2.24) is 14.5 Å². The number of ether oxygens (including phenoxy) is 2. The van der Waals surface area contributed by atoms with Crippen molar-refractivity contribution in [3.63, 3.8) is 0 Å². The van der Waals surface area contributed by atoms with Gasteiger partial charge in [0.2, 0.25) is 5.82 Å². The number of imidazole rings is 1. The lowest BCUT2D eigenvalue weighted by Crippen LogP contribution is -2.50. The first-order valence-corrected chi connectivity index (χ1v) is 9.99. The Balaban J connectivity index is 1.45. The molecule has 152 valence electrons. The van der Waals surface area contributed by atoms with Gasteiger partial charge in [0.15, 0.2) is 5.60 Å². The zero-order valence-corrected chi connectivity index (χ0v) is 16.3. The zero-order valence-electron chi connectivity index (χ0n) is 16.3. The van der Waals surface area contributed by atoms with E-state index in [1.807, 2.05) is 24.3 Å². The van der Waals surface area contributed by atoms with E-state index in [0.29, 0.717) is 49.9 Å². The molecule has 1 N–H and O–H groups in total. The smallest absolute Gasteiger partial charge is 0.409 e. The number of carbonyl (C=O) groups is 2. The summed E-state index contributed by atoms with van der Waals surface area (Å²) >= 11 is 0. The summed E-state index contributed by atoms with van der Waals surface area (Å²) in [6.07, 6.45) is 3.09. The van der Waals surface area contributed by atoms with Crippen LogP contribution in [0.15, 0.2) is 24.3 Å². The normalized spacial score (nSPS) is 19.3. The van der Waals surface area contributed by atoms with Gasteiger partial charge in [-0.05, 0) is 30.9 Å². The molecule has 1 saturated carbocycles. The number of carboxylic acids is 1. The zero-order chi connectivity index (χ0) is 20.2. The lowest BCUT2D eigenvalue weighted by Gasteiger charge is -2.44. The van der Waals surface area contributed by atoms with E-state index in [-0.39, 0.29) is 11.9 Å². The SMILES string of the molecule is Cn1c(C(=O)O)nc2c1C1(CCN(C(=O)OCC3CC3)CC1)Oc1ccccc1-2. The molecular weight excluding hydrogens is 374 g/mol. The van der Waals surface area contributed by atoms with Gasteiger partial charge in [-0.1, -0.05) is 12.1 Å².